The van der Waals surface area contributed by atoms with Crippen molar-refractivity contribution in [1.29, 1.82) is 0 Å². The number of nitrogens with one attached hydrogen (secondary N) is 1. The van der Waals surface area contributed by atoms with Gasteiger partial charge in [-0.3, -0.25) is 4.98 Å². The molecule has 0 saturated carbocycles. The van der Waals surface area contributed by atoms with E-state index in [0.29, 0.717) is 18.2 Å². The van der Waals surface area contributed by atoms with Crippen LogP contribution in [0.15, 0.2) is 46.7 Å². The molecule has 0 aliphatic heterocycles. The molecule has 0 amide bonds. The zero-order chi connectivity index (χ0) is 13.7. The summed E-state index contributed by atoms with van der Waals surface area (Å²) >= 11 is 1.43. The fourth-order valence-corrected chi connectivity index (χ4v) is 2.45. The number of aromatic nitrogens is 2. The maximum atomic E-state index is 13.9. The Labute approximate surface area is 116 Å². The molecule has 1 N–H and O–H groups in total. The van der Waals surface area contributed by atoms with E-state index in [-0.39, 0.29) is 5.82 Å². The van der Waals surface area contributed by atoms with Crippen molar-refractivity contribution in [3.63, 3.8) is 0 Å². The van der Waals surface area contributed by atoms with Gasteiger partial charge in [0.2, 0.25) is 0 Å². The SMILES string of the molecule is CC(C)NCc1c(F)cccc1Sc1cnccn1. The summed E-state index contributed by atoms with van der Waals surface area (Å²) in [7, 11) is 0. The van der Waals surface area contributed by atoms with Crippen molar-refractivity contribution in [1.82, 2.24) is 15.3 Å². The molecule has 0 unspecified atom stereocenters. The van der Waals surface area contributed by atoms with E-state index in [2.05, 4.69) is 15.3 Å². The minimum absolute atomic E-state index is 0.193. The molecule has 1 aromatic carbocycles. The molecule has 0 bridgehead atoms. The molecular formula is C14H16FN3S. The van der Waals surface area contributed by atoms with Crippen LogP contribution in [-0.2, 0) is 6.54 Å². The lowest BCUT2D eigenvalue weighted by molar-refractivity contribution is 0.546. The molecule has 19 heavy (non-hydrogen) atoms. The summed E-state index contributed by atoms with van der Waals surface area (Å²) in [6.45, 7) is 4.58. The van der Waals surface area contributed by atoms with Gasteiger partial charge in [-0.2, -0.15) is 0 Å². The highest BCUT2D eigenvalue weighted by atomic mass is 32.2. The van der Waals surface area contributed by atoms with Crippen molar-refractivity contribution in [2.75, 3.05) is 0 Å². The van der Waals surface area contributed by atoms with Gasteiger partial charge < -0.3 is 5.32 Å². The number of hydrogen-bond acceptors (Lipinski definition) is 4. The van der Waals surface area contributed by atoms with E-state index < -0.39 is 0 Å². The quantitative estimate of drug-likeness (QED) is 0.910. The number of halogens is 1. The molecule has 0 aliphatic carbocycles. The fraction of sp³-hybridized carbons (Fsp3) is 0.286. The summed E-state index contributed by atoms with van der Waals surface area (Å²) in [5, 5.41) is 4.00. The first-order valence-electron chi connectivity index (χ1n) is 6.11. The second-order valence-corrected chi connectivity index (χ2v) is 5.46. The smallest absolute Gasteiger partial charge is 0.128 e. The minimum atomic E-state index is -0.193. The second-order valence-electron chi connectivity index (χ2n) is 4.40. The first-order chi connectivity index (χ1) is 9.16. The van der Waals surface area contributed by atoms with E-state index in [1.54, 1.807) is 24.7 Å². The Balaban J connectivity index is 2.22. The normalized spacial score (nSPS) is 10.9. The predicted octanol–water partition coefficient (Wildman–Crippen LogP) is 3.26. The van der Waals surface area contributed by atoms with E-state index >= 15 is 0 Å². The number of hydrogen-bond donors (Lipinski definition) is 1. The Bertz CT molecular complexity index is 531. The largest absolute Gasteiger partial charge is 0.310 e. The molecule has 0 atom stereocenters. The minimum Gasteiger partial charge on any atom is -0.310 e. The first-order valence-corrected chi connectivity index (χ1v) is 6.93. The van der Waals surface area contributed by atoms with Crippen LogP contribution in [0.5, 0.6) is 0 Å². The zero-order valence-electron chi connectivity index (χ0n) is 10.9. The Morgan fingerprint density at radius 2 is 2.16 bits per heavy atom. The number of benzene rings is 1. The van der Waals surface area contributed by atoms with Crippen molar-refractivity contribution < 1.29 is 4.39 Å². The van der Waals surface area contributed by atoms with Crippen LogP contribution in [0.2, 0.25) is 0 Å². The topological polar surface area (TPSA) is 37.8 Å². The highest BCUT2D eigenvalue weighted by Gasteiger charge is 2.10. The molecular weight excluding hydrogens is 261 g/mol. The summed E-state index contributed by atoms with van der Waals surface area (Å²) in [4.78, 5) is 9.08. The van der Waals surface area contributed by atoms with Crippen molar-refractivity contribution >= 4 is 11.8 Å². The average molecular weight is 277 g/mol. The molecule has 0 radical (unpaired) electrons. The summed E-state index contributed by atoms with van der Waals surface area (Å²) in [5.74, 6) is -0.193. The van der Waals surface area contributed by atoms with Gasteiger partial charge in [-0.05, 0) is 12.1 Å². The number of rotatable bonds is 5. The standard InChI is InChI=1S/C14H16FN3S/c1-10(2)18-8-11-12(15)4-3-5-13(11)19-14-9-16-6-7-17-14/h3-7,9-10,18H,8H2,1-2H3. The highest BCUT2D eigenvalue weighted by molar-refractivity contribution is 7.99. The molecule has 3 nitrogen and oxygen atoms in total. The van der Waals surface area contributed by atoms with Crippen LogP contribution in [0, 0.1) is 5.82 Å². The van der Waals surface area contributed by atoms with E-state index in [4.69, 9.17) is 0 Å². The van der Waals surface area contributed by atoms with Crippen molar-refractivity contribution in [3.05, 3.63) is 48.2 Å². The predicted molar refractivity (Wildman–Crippen MR) is 74.5 cm³/mol. The molecule has 100 valence electrons. The van der Waals surface area contributed by atoms with Gasteiger partial charge in [0.05, 0.1) is 6.20 Å². The Kier molecular flexibility index (Phi) is 4.87. The lowest BCUT2D eigenvalue weighted by Crippen LogP contribution is -2.22. The van der Waals surface area contributed by atoms with Gasteiger partial charge in [0.1, 0.15) is 10.8 Å². The van der Waals surface area contributed by atoms with Crippen LogP contribution >= 0.6 is 11.8 Å². The van der Waals surface area contributed by atoms with E-state index in [1.165, 1.54) is 17.8 Å². The van der Waals surface area contributed by atoms with Crippen LogP contribution in [0.1, 0.15) is 19.4 Å². The van der Waals surface area contributed by atoms with Crippen LogP contribution < -0.4 is 5.32 Å². The van der Waals surface area contributed by atoms with Crippen LogP contribution in [-0.4, -0.2) is 16.0 Å². The third-order valence-corrected chi connectivity index (χ3v) is 3.54. The molecule has 5 heteroatoms. The van der Waals surface area contributed by atoms with Gasteiger partial charge in [0, 0.05) is 35.4 Å². The van der Waals surface area contributed by atoms with Crippen molar-refractivity contribution in [2.45, 2.75) is 36.4 Å². The van der Waals surface area contributed by atoms with Crippen LogP contribution in [0.3, 0.4) is 0 Å². The Morgan fingerprint density at radius 3 is 2.84 bits per heavy atom. The summed E-state index contributed by atoms with van der Waals surface area (Å²) in [5.41, 5.74) is 0.673. The van der Waals surface area contributed by atoms with Crippen molar-refractivity contribution in [3.8, 4) is 0 Å². The van der Waals surface area contributed by atoms with Crippen LogP contribution in [0.4, 0.5) is 4.39 Å². The molecule has 0 fully saturated rings. The zero-order valence-corrected chi connectivity index (χ0v) is 11.7. The second kappa shape index (κ2) is 6.63. The van der Waals surface area contributed by atoms with E-state index in [1.807, 2.05) is 19.9 Å². The molecule has 0 saturated heterocycles. The summed E-state index contributed by atoms with van der Waals surface area (Å²) in [6.07, 6.45) is 4.93. The van der Waals surface area contributed by atoms with Crippen molar-refractivity contribution in [2.24, 2.45) is 0 Å². The Morgan fingerprint density at radius 1 is 1.32 bits per heavy atom. The lowest BCUT2D eigenvalue weighted by atomic mass is 10.2. The molecule has 2 rings (SSSR count). The lowest BCUT2D eigenvalue weighted by Gasteiger charge is -2.12. The third kappa shape index (κ3) is 4.01. The maximum absolute atomic E-state index is 13.9. The van der Waals surface area contributed by atoms with Gasteiger partial charge in [0.25, 0.3) is 0 Å². The molecule has 1 heterocycles. The molecule has 1 aromatic heterocycles. The van der Waals surface area contributed by atoms with Gasteiger partial charge >= 0.3 is 0 Å². The summed E-state index contributed by atoms with van der Waals surface area (Å²) < 4.78 is 13.9. The Hall–Kier alpha value is -1.46. The van der Waals surface area contributed by atoms with Gasteiger partial charge in [-0.25, -0.2) is 9.37 Å². The summed E-state index contributed by atoms with van der Waals surface area (Å²) in [6, 6.07) is 5.42. The van der Waals surface area contributed by atoms with Gasteiger partial charge in [0.15, 0.2) is 0 Å². The molecule has 0 aliphatic rings. The maximum Gasteiger partial charge on any atom is 0.128 e. The molecule has 2 aromatic rings. The van der Waals surface area contributed by atoms with Gasteiger partial charge in [-0.1, -0.05) is 31.7 Å². The van der Waals surface area contributed by atoms with E-state index in [0.717, 1.165) is 9.92 Å². The monoisotopic (exact) mass is 277 g/mol. The third-order valence-electron chi connectivity index (χ3n) is 2.52. The molecule has 0 spiro atoms. The first kappa shape index (κ1) is 14.0. The van der Waals surface area contributed by atoms with Crippen LogP contribution in [0.25, 0.3) is 0 Å². The van der Waals surface area contributed by atoms with E-state index in [9.17, 15) is 4.39 Å². The number of nitrogens with zero attached hydrogens (tertiary/aromatic N) is 2. The van der Waals surface area contributed by atoms with Gasteiger partial charge in [-0.15, -0.1) is 0 Å². The highest BCUT2D eigenvalue weighted by Crippen LogP contribution is 2.29. The average Bonchev–Trinajstić information content (AvgIpc) is 2.39. The fourth-order valence-electron chi connectivity index (χ4n) is 1.56.